The predicted octanol–water partition coefficient (Wildman–Crippen LogP) is 8.56. The Labute approximate surface area is 499 Å². The molecule has 0 radical (unpaired) electrons. The van der Waals surface area contributed by atoms with Crippen LogP contribution in [0.5, 0.6) is 0 Å². The van der Waals surface area contributed by atoms with Gasteiger partial charge in [-0.25, -0.2) is 0 Å². The maximum absolute atomic E-state index is 12.8. The second-order valence-corrected chi connectivity index (χ2v) is 29.4. The van der Waals surface area contributed by atoms with Crippen molar-refractivity contribution in [2.24, 2.45) is 0 Å². The molecular weight excluding hydrogens is 1230 g/mol. The molecule has 4 rings (SSSR count). The molecule has 24 nitrogen and oxygen atoms in total. The molecule has 0 fully saturated rings. The van der Waals surface area contributed by atoms with Gasteiger partial charge in [-0.15, -0.1) is 0 Å². The Bertz CT molecular complexity index is 3810. The Morgan fingerprint density at radius 3 is 1.45 bits per heavy atom. The Morgan fingerprint density at radius 2 is 0.965 bits per heavy atom. The third-order valence-electron chi connectivity index (χ3n) is 14.1. The third-order valence-corrected chi connectivity index (χ3v) is 19.1. The van der Waals surface area contributed by atoms with Gasteiger partial charge in [0, 0.05) is 72.9 Å². The molecule has 8 N–H and O–H groups in total. The van der Waals surface area contributed by atoms with Gasteiger partial charge in [0.1, 0.15) is 9.79 Å². The number of aryl methyl sites for hydroxylation is 2. The predicted molar refractivity (Wildman–Crippen MR) is 326 cm³/mol. The van der Waals surface area contributed by atoms with Crippen LogP contribution in [0, 0.1) is 13.8 Å². The van der Waals surface area contributed by atoms with E-state index >= 15 is 0 Å². The maximum Gasteiger partial charge on any atom is 0.295 e. The number of allylic oxidation sites excluding steroid dienone is 5. The van der Waals surface area contributed by atoms with E-state index < -0.39 is 97.8 Å². The van der Waals surface area contributed by atoms with Crippen molar-refractivity contribution in [2.45, 2.75) is 156 Å². The fourth-order valence-electron chi connectivity index (χ4n) is 9.77. The smallest absolute Gasteiger partial charge is 0.295 e. The van der Waals surface area contributed by atoms with Gasteiger partial charge in [-0.3, -0.25) is 36.9 Å². The van der Waals surface area contributed by atoms with E-state index in [4.69, 9.17) is 0 Å². The summed E-state index contributed by atoms with van der Waals surface area (Å²) < 4.78 is 206. The molecule has 0 heterocycles. The lowest BCUT2D eigenvalue weighted by Crippen LogP contribution is -2.36. The first-order chi connectivity index (χ1) is 39.5. The normalized spacial score (nSPS) is 13.5. The van der Waals surface area contributed by atoms with Crippen molar-refractivity contribution in [1.82, 2.24) is 10.6 Å². The summed E-state index contributed by atoms with van der Waals surface area (Å²) in [5.41, 5.74) is 1.79. The zero-order valence-electron chi connectivity index (χ0n) is 47.9. The quantitative estimate of drug-likeness (QED) is 0.0119. The first-order valence-electron chi connectivity index (χ1n) is 27.6. The number of benzene rings is 4. The van der Waals surface area contributed by atoms with Gasteiger partial charge in [0.05, 0.1) is 21.3 Å². The van der Waals surface area contributed by atoms with Crippen LogP contribution in [0.3, 0.4) is 0 Å². The van der Waals surface area contributed by atoms with Crippen LogP contribution < -0.4 is 20.4 Å². The highest BCUT2D eigenvalue weighted by atomic mass is 32.2. The highest BCUT2D eigenvalue weighted by molar-refractivity contribution is 7.87. The molecule has 1 atom stereocenters. The maximum atomic E-state index is 12.8. The summed E-state index contributed by atoms with van der Waals surface area (Å²) in [6.07, 6.45) is 17.5. The zero-order chi connectivity index (χ0) is 63.6. The molecule has 474 valence electrons. The van der Waals surface area contributed by atoms with Crippen LogP contribution in [-0.2, 0) is 70.3 Å². The second-order valence-electron chi connectivity index (χ2n) is 20.6. The Hall–Kier alpha value is -5.38. The van der Waals surface area contributed by atoms with Crippen LogP contribution >= 0.6 is 0 Å². The summed E-state index contributed by atoms with van der Waals surface area (Å²) in [5, 5.41) is 5.69. The van der Waals surface area contributed by atoms with Crippen molar-refractivity contribution in [3.63, 3.8) is 0 Å². The van der Waals surface area contributed by atoms with Crippen molar-refractivity contribution >= 4 is 105 Å². The molecular formula is C55H78N4O20S6. The standard InChI is InChI=1S/C55H78N4O20S6/c1-5-6-7-8-16-30-56-54(60)24-14-10-17-31-57-55(61)25-15-11-18-32-58(50-28-26-46-48(41(50)3)36-44(82(68,69)70)38-52(46)84(74,75)76)40(2)21-12-9-13-22-43(23-19-34-80(62,63)64)59(33-20-35-81(65,66)67)51-29-27-47-49(42(51)4)37-45(83(71,72)73)39-53(47)85(77,78)79/h9,12-13,21-22,26-29,36-39,43H,5-8,10-11,14-20,23-25,30-35H2,1-4H3,(H,56,60)(H,57,61)(H,62,63,64)(H,65,66,67)(H,68,69,70)(H,71,72,73)(H,74,75,76)(H,77,78,79)/b12-9+,22-13+,40-21+. The summed E-state index contributed by atoms with van der Waals surface area (Å²) in [5.74, 6) is -1.56. The Kier molecular flexibility index (Phi) is 27.2. The molecule has 0 saturated heterocycles. The second kappa shape index (κ2) is 32.0. The number of carbonyl (C=O) groups is 2. The van der Waals surface area contributed by atoms with Gasteiger partial charge < -0.3 is 20.4 Å². The number of hydrogen-bond acceptors (Lipinski definition) is 16. The van der Waals surface area contributed by atoms with Gasteiger partial charge in [0.15, 0.2) is 0 Å². The van der Waals surface area contributed by atoms with Gasteiger partial charge in [-0.05, 0) is 137 Å². The van der Waals surface area contributed by atoms with E-state index in [0.29, 0.717) is 87.2 Å². The molecule has 0 spiro atoms. The van der Waals surface area contributed by atoms with Gasteiger partial charge >= 0.3 is 0 Å². The van der Waals surface area contributed by atoms with Crippen molar-refractivity contribution in [3.8, 4) is 0 Å². The van der Waals surface area contributed by atoms with E-state index in [2.05, 4.69) is 17.6 Å². The fourth-order valence-corrected chi connectivity index (χ4v) is 13.5. The molecule has 0 aliphatic heterocycles. The third kappa shape index (κ3) is 23.7. The minimum Gasteiger partial charge on any atom is -0.365 e. The van der Waals surface area contributed by atoms with Crippen molar-refractivity contribution in [1.29, 1.82) is 0 Å². The SMILES string of the molecule is CCCCCCCNC(=O)CCCCCNC(=O)CCCCCN(/C(C)=C/C=C/C=C/C(CCCS(=O)(=O)O)N(CCCS(=O)(=O)O)c1ccc2c(S(=O)(=O)O)cc(S(=O)(=O)O)cc2c1C)c1ccc2c(S(=O)(=O)O)cc(S(=O)(=O)O)cc2c1C. The van der Waals surface area contributed by atoms with Crippen LogP contribution in [0.15, 0.2) is 104 Å². The van der Waals surface area contributed by atoms with E-state index in [0.717, 1.165) is 44.2 Å². The van der Waals surface area contributed by atoms with Crippen LogP contribution in [0.1, 0.15) is 128 Å². The summed E-state index contributed by atoms with van der Waals surface area (Å²) >= 11 is 0. The molecule has 0 aromatic heterocycles. The number of nitrogens with one attached hydrogen (secondary N) is 2. The number of carbonyl (C=O) groups excluding carboxylic acids is 2. The largest absolute Gasteiger partial charge is 0.365 e. The minimum absolute atomic E-state index is 0.0205. The van der Waals surface area contributed by atoms with Crippen molar-refractivity contribution < 1.29 is 87.4 Å². The van der Waals surface area contributed by atoms with E-state index in [-0.39, 0.29) is 76.8 Å². The lowest BCUT2D eigenvalue weighted by atomic mass is 10.0. The summed E-state index contributed by atoms with van der Waals surface area (Å²) in [6.45, 7) is 8.18. The lowest BCUT2D eigenvalue weighted by molar-refractivity contribution is -0.122. The molecule has 0 saturated carbocycles. The van der Waals surface area contributed by atoms with E-state index in [1.807, 2.05) is 4.90 Å². The first kappa shape index (κ1) is 72.1. The number of rotatable bonds is 37. The van der Waals surface area contributed by atoms with Gasteiger partial charge in [-0.1, -0.05) is 81.9 Å². The van der Waals surface area contributed by atoms with E-state index in [9.17, 15) is 87.4 Å². The average molecular weight is 1310 g/mol. The number of hydrogen-bond donors (Lipinski definition) is 8. The Balaban J connectivity index is 1.66. The number of nitrogens with zero attached hydrogens (tertiary/aromatic N) is 2. The van der Waals surface area contributed by atoms with Crippen LogP contribution in [0.4, 0.5) is 11.4 Å². The number of amides is 2. The minimum atomic E-state index is -5.09. The molecule has 2 amide bonds. The molecule has 0 aliphatic carbocycles. The van der Waals surface area contributed by atoms with Gasteiger partial charge in [0.2, 0.25) is 11.8 Å². The highest BCUT2D eigenvalue weighted by Crippen LogP contribution is 2.38. The number of anilines is 2. The topological polar surface area (TPSA) is 391 Å². The number of unbranched alkanes of at least 4 members (excludes halogenated alkanes) is 8. The zero-order valence-corrected chi connectivity index (χ0v) is 52.8. The van der Waals surface area contributed by atoms with Crippen LogP contribution in [-0.4, -0.2) is 133 Å². The molecule has 0 aliphatic rings. The van der Waals surface area contributed by atoms with E-state index in [1.54, 1.807) is 55.2 Å². The molecule has 4 aromatic carbocycles. The van der Waals surface area contributed by atoms with Gasteiger partial charge in [-0.2, -0.15) is 50.5 Å². The average Bonchev–Trinajstić information content (AvgIpc) is 1.12. The number of fused-ring (bicyclic) bond motifs is 2. The first-order valence-corrected chi connectivity index (χ1v) is 36.6. The summed E-state index contributed by atoms with van der Waals surface area (Å²) in [7, 11) is -29.2. The molecule has 0 bridgehead atoms. The highest BCUT2D eigenvalue weighted by Gasteiger charge is 2.27. The summed E-state index contributed by atoms with van der Waals surface area (Å²) in [6, 6.07) is 7.98. The van der Waals surface area contributed by atoms with Crippen LogP contribution in [0.25, 0.3) is 21.5 Å². The van der Waals surface area contributed by atoms with Crippen molar-refractivity contribution in [2.75, 3.05) is 47.5 Å². The lowest BCUT2D eigenvalue weighted by Gasteiger charge is -2.34. The molecule has 4 aromatic rings. The van der Waals surface area contributed by atoms with E-state index in [1.165, 1.54) is 31.5 Å². The van der Waals surface area contributed by atoms with Gasteiger partial charge in [0.25, 0.3) is 60.7 Å². The Morgan fingerprint density at radius 1 is 0.506 bits per heavy atom. The molecule has 30 heteroatoms. The monoisotopic (exact) mass is 1310 g/mol. The summed E-state index contributed by atoms with van der Waals surface area (Å²) in [4.78, 5) is 25.1. The fraction of sp³-hybridized carbons (Fsp3) is 0.491. The van der Waals surface area contributed by atoms with Crippen LogP contribution in [0.2, 0.25) is 0 Å². The molecule has 1 unspecified atom stereocenters. The molecule has 85 heavy (non-hydrogen) atoms. The van der Waals surface area contributed by atoms with Crippen molar-refractivity contribution in [3.05, 3.63) is 95.7 Å².